The van der Waals surface area contributed by atoms with Crippen LogP contribution in [0.5, 0.6) is 0 Å². The predicted octanol–water partition coefficient (Wildman–Crippen LogP) is 1.67. The van der Waals surface area contributed by atoms with Crippen LogP contribution in [0.1, 0.15) is 37.3 Å². The van der Waals surface area contributed by atoms with Crippen LogP contribution in [-0.2, 0) is 10.0 Å². The smallest absolute Gasteiger partial charge is 0.216 e. The number of hydrogen-bond acceptors (Lipinski definition) is 4. The number of benzene rings is 1. The van der Waals surface area contributed by atoms with Crippen molar-refractivity contribution in [1.82, 2.24) is 4.31 Å². The molecular formula is C14H19N3O2S. The van der Waals surface area contributed by atoms with Crippen LogP contribution in [0, 0.1) is 11.3 Å². The number of nitrogen functional groups attached to an aromatic ring is 1. The largest absolute Gasteiger partial charge is 0.398 e. The van der Waals surface area contributed by atoms with Crippen LogP contribution >= 0.6 is 0 Å². The highest BCUT2D eigenvalue weighted by molar-refractivity contribution is 7.89. The van der Waals surface area contributed by atoms with Gasteiger partial charge in [0.2, 0.25) is 10.0 Å². The van der Waals surface area contributed by atoms with Crippen LogP contribution in [0.2, 0.25) is 0 Å². The highest BCUT2D eigenvalue weighted by Crippen LogP contribution is 2.34. The highest BCUT2D eigenvalue weighted by Gasteiger charge is 2.35. The first-order valence-corrected chi connectivity index (χ1v) is 8.15. The summed E-state index contributed by atoms with van der Waals surface area (Å²) in [6, 6.07) is 7.37. The Bertz CT molecular complexity index is 647. The van der Waals surface area contributed by atoms with Crippen LogP contribution in [-0.4, -0.2) is 31.1 Å². The van der Waals surface area contributed by atoms with Crippen LogP contribution in [0.25, 0.3) is 0 Å². The Labute approximate surface area is 120 Å². The molecule has 1 aromatic carbocycles. The summed E-state index contributed by atoms with van der Waals surface area (Å²) in [4.78, 5) is 0. The molecule has 20 heavy (non-hydrogen) atoms. The molecule has 0 aliphatic carbocycles. The summed E-state index contributed by atoms with van der Waals surface area (Å²) in [6.45, 7) is 4.26. The molecule has 2 rings (SSSR count). The lowest BCUT2D eigenvalue weighted by molar-refractivity contribution is 0.465. The van der Waals surface area contributed by atoms with Crippen molar-refractivity contribution in [2.75, 3.05) is 18.8 Å². The van der Waals surface area contributed by atoms with E-state index in [1.54, 1.807) is 32.0 Å². The Morgan fingerprint density at radius 1 is 1.45 bits per heavy atom. The topological polar surface area (TPSA) is 87.2 Å². The van der Waals surface area contributed by atoms with E-state index in [-0.39, 0.29) is 5.92 Å². The maximum Gasteiger partial charge on any atom is 0.216 e. The fourth-order valence-corrected chi connectivity index (χ4v) is 3.97. The van der Waals surface area contributed by atoms with Crippen molar-refractivity contribution in [1.29, 1.82) is 5.26 Å². The molecule has 0 bridgehead atoms. The molecule has 1 unspecified atom stereocenters. The Balaban J connectivity index is 2.30. The number of sulfonamides is 1. The second-order valence-corrected chi connectivity index (χ2v) is 7.85. The predicted molar refractivity (Wildman–Crippen MR) is 78.6 cm³/mol. The van der Waals surface area contributed by atoms with Gasteiger partial charge in [-0.1, -0.05) is 6.07 Å². The van der Waals surface area contributed by atoms with Gasteiger partial charge in [-0.2, -0.15) is 5.26 Å². The van der Waals surface area contributed by atoms with Gasteiger partial charge >= 0.3 is 0 Å². The summed E-state index contributed by atoms with van der Waals surface area (Å²) < 4.78 is 25.9. The summed E-state index contributed by atoms with van der Waals surface area (Å²) in [5.74, 6) is -0.000579. The summed E-state index contributed by atoms with van der Waals surface area (Å²) in [5, 5.41) is 8.75. The standard InChI is InChI=1S/C14H19N3O2S/c1-10(2)20(18,19)17-7-6-12(9-17)14-11(8-15)4-3-5-13(14)16/h3-5,10,12H,6-7,9,16H2,1-2H3. The van der Waals surface area contributed by atoms with Gasteiger partial charge in [-0.25, -0.2) is 12.7 Å². The molecule has 1 aromatic rings. The Kier molecular flexibility index (Phi) is 4.02. The van der Waals surface area contributed by atoms with E-state index in [9.17, 15) is 13.7 Å². The van der Waals surface area contributed by atoms with E-state index in [1.807, 2.05) is 0 Å². The fourth-order valence-electron chi connectivity index (χ4n) is 2.63. The minimum Gasteiger partial charge on any atom is -0.398 e. The van der Waals surface area contributed by atoms with E-state index >= 15 is 0 Å². The fraction of sp³-hybridized carbons (Fsp3) is 0.500. The lowest BCUT2D eigenvalue weighted by Crippen LogP contribution is -2.34. The summed E-state index contributed by atoms with van der Waals surface area (Å²) in [5.41, 5.74) is 7.87. The van der Waals surface area contributed by atoms with Crippen molar-refractivity contribution in [2.24, 2.45) is 0 Å². The number of nitrogens with zero attached hydrogens (tertiary/aromatic N) is 2. The zero-order chi connectivity index (χ0) is 14.9. The molecule has 1 saturated heterocycles. The Morgan fingerprint density at radius 3 is 2.75 bits per heavy atom. The molecule has 6 heteroatoms. The average molecular weight is 293 g/mol. The molecule has 0 saturated carbocycles. The van der Waals surface area contributed by atoms with Gasteiger partial charge in [-0.15, -0.1) is 0 Å². The normalized spacial score (nSPS) is 20.2. The van der Waals surface area contributed by atoms with Crippen LogP contribution in [0.4, 0.5) is 5.69 Å². The molecule has 0 spiro atoms. The number of hydrogen-bond donors (Lipinski definition) is 1. The van der Waals surface area contributed by atoms with Crippen molar-refractivity contribution < 1.29 is 8.42 Å². The second-order valence-electron chi connectivity index (χ2n) is 5.36. The second kappa shape index (κ2) is 5.43. The molecule has 108 valence electrons. The van der Waals surface area contributed by atoms with Gasteiger partial charge < -0.3 is 5.73 Å². The van der Waals surface area contributed by atoms with E-state index in [4.69, 9.17) is 5.73 Å². The molecule has 1 aliphatic rings. The van der Waals surface area contributed by atoms with E-state index in [0.29, 0.717) is 30.8 Å². The molecule has 1 heterocycles. The molecule has 1 aliphatic heterocycles. The van der Waals surface area contributed by atoms with Gasteiger partial charge in [-0.3, -0.25) is 0 Å². The van der Waals surface area contributed by atoms with Gasteiger partial charge in [0.1, 0.15) is 0 Å². The lowest BCUT2D eigenvalue weighted by atomic mass is 9.92. The number of anilines is 1. The maximum atomic E-state index is 12.2. The van der Waals surface area contributed by atoms with Gasteiger partial charge in [0.15, 0.2) is 0 Å². The van der Waals surface area contributed by atoms with Crippen molar-refractivity contribution in [3.8, 4) is 6.07 Å². The number of nitrogens with two attached hydrogens (primary N) is 1. The quantitative estimate of drug-likeness (QED) is 0.859. The molecular weight excluding hydrogens is 274 g/mol. The van der Waals surface area contributed by atoms with Crippen molar-refractivity contribution in [3.05, 3.63) is 29.3 Å². The average Bonchev–Trinajstić information content (AvgIpc) is 2.87. The molecule has 5 nitrogen and oxygen atoms in total. The molecule has 1 fully saturated rings. The van der Waals surface area contributed by atoms with E-state index in [0.717, 1.165) is 5.56 Å². The third-order valence-corrected chi connectivity index (χ3v) is 6.02. The highest BCUT2D eigenvalue weighted by atomic mass is 32.2. The van der Waals surface area contributed by atoms with Gasteiger partial charge in [0.25, 0.3) is 0 Å². The van der Waals surface area contributed by atoms with Crippen LogP contribution in [0.15, 0.2) is 18.2 Å². The minimum absolute atomic E-state index is 0.000579. The SMILES string of the molecule is CC(C)S(=O)(=O)N1CCC(c2c(N)cccc2C#N)C1. The van der Waals surface area contributed by atoms with Crippen LogP contribution < -0.4 is 5.73 Å². The van der Waals surface area contributed by atoms with Crippen molar-refractivity contribution in [3.63, 3.8) is 0 Å². The molecule has 2 N–H and O–H groups in total. The Hall–Kier alpha value is -1.58. The van der Waals surface area contributed by atoms with Crippen molar-refractivity contribution >= 4 is 15.7 Å². The van der Waals surface area contributed by atoms with Gasteiger partial charge in [-0.05, 0) is 38.0 Å². The first kappa shape index (κ1) is 14.8. The van der Waals surface area contributed by atoms with Crippen LogP contribution in [0.3, 0.4) is 0 Å². The molecule has 0 amide bonds. The monoisotopic (exact) mass is 293 g/mol. The lowest BCUT2D eigenvalue weighted by Gasteiger charge is -2.20. The molecule has 0 aromatic heterocycles. The number of nitriles is 1. The third-order valence-electron chi connectivity index (χ3n) is 3.78. The minimum atomic E-state index is -3.24. The zero-order valence-electron chi connectivity index (χ0n) is 11.7. The van der Waals surface area contributed by atoms with Crippen molar-refractivity contribution in [2.45, 2.75) is 31.4 Å². The molecule has 1 atom stereocenters. The first-order chi connectivity index (χ1) is 9.37. The van der Waals surface area contributed by atoms with E-state index in [2.05, 4.69) is 6.07 Å². The van der Waals surface area contributed by atoms with E-state index in [1.165, 1.54) is 4.31 Å². The van der Waals surface area contributed by atoms with Gasteiger partial charge in [0, 0.05) is 24.7 Å². The van der Waals surface area contributed by atoms with E-state index < -0.39 is 15.3 Å². The molecule has 0 radical (unpaired) electrons. The third kappa shape index (κ3) is 2.51. The zero-order valence-corrected chi connectivity index (χ0v) is 12.5. The van der Waals surface area contributed by atoms with Gasteiger partial charge in [0.05, 0.1) is 16.9 Å². The number of rotatable bonds is 3. The first-order valence-electron chi connectivity index (χ1n) is 6.65. The summed E-state index contributed by atoms with van der Waals surface area (Å²) in [6.07, 6.45) is 0.703. The maximum absolute atomic E-state index is 12.2. The summed E-state index contributed by atoms with van der Waals surface area (Å²) in [7, 11) is -3.24. The Morgan fingerprint density at radius 2 is 2.15 bits per heavy atom. The summed E-state index contributed by atoms with van der Waals surface area (Å²) >= 11 is 0.